The molecule has 0 atom stereocenters. The van der Waals surface area contributed by atoms with Crippen molar-refractivity contribution in [3.63, 3.8) is 0 Å². The molecule has 0 radical (unpaired) electrons. The molecule has 1 aromatic rings. The first kappa shape index (κ1) is 19.2. The van der Waals surface area contributed by atoms with Gasteiger partial charge in [0.15, 0.2) is 5.57 Å². The summed E-state index contributed by atoms with van der Waals surface area (Å²) in [5, 5.41) is 2.88. The average molecular weight is 335 g/mol. The lowest BCUT2D eigenvalue weighted by molar-refractivity contribution is -0.146. The van der Waals surface area contributed by atoms with Crippen LogP contribution in [0.4, 0.5) is 5.69 Å². The maximum absolute atomic E-state index is 12.1. The van der Waals surface area contributed by atoms with Crippen molar-refractivity contribution in [2.24, 2.45) is 0 Å². The van der Waals surface area contributed by atoms with Crippen LogP contribution in [0.1, 0.15) is 31.1 Å². The van der Waals surface area contributed by atoms with Crippen molar-refractivity contribution in [3.8, 4) is 0 Å². The fraction of sp³-hybridized carbons (Fsp3) is 0.353. The summed E-state index contributed by atoms with van der Waals surface area (Å²) >= 11 is 0. The smallest absolute Gasteiger partial charge is 0.347 e. The lowest BCUT2D eigenvalue weighted by atomic mass is 10.1. The maximum Gasteiger partial charge on any atom is 0.347 e. The van der Waals surface area contributed by atoms with E-state index in [0.717, 1.165) is 0 Å². The first-order chi connectivity index (χ1) is 11.5. The molecule has 0 saturated heterocycles. The molecular formula is C17H21NO6. The first-order valence-electron chi connectivity index (χ1n) is 7.45. The second-order valence-corrected chi connectivity index (χ2v) is 4.60. The number of methoxy groups -OCH3 is 1. The zero-order valence-corrected chi connectivity index (χ0v) is 14.2. The molecule has 24 heavy (non-hydrogen) atoms. The van der Waals surface area contributed by atoms with Gasteiger partial charge in [-0.05, 0) is 32.9 Å². The van der Waals surface area contributed by atoms with Gasteiger partial charge in [0, 0.05) is 5.70 Å². The second kappa shape index (κ2) is 9.34. The van der Waals surface area contributed by atoms with Crippen molar-refractivity contribution in [2.75, 3.05) is 25.6 Å². The highest BCUT2D eigenvalue weighted by Gasteiger charge is 2.25. The molecule has 0 heterocycles. The topological polar surface area (TPSA) is 90.9 Å². The summed E-state index contributed by atoms with van der Waals surface area (Å²) in [4.78, 5) is 35.9. The molecule has 0 aliphatic rings. The van der Waals surface area contributed by atoms with E-state index in [1.54, 1.807) is 38.1 Å². The summed E-state index contributed by atoms with van der Waals surface area (Å²) < 4.78 is 14.5. The number of para-hydroxylation sites is 1. The number of anilines is 1. The summed E-state index contributed by atoms with van der Waals surface area (Å²) in [6, 6.07) is 6.57. The van der Waals surface area contributed by atoms with Gasteiger partial charge in [-0.25, -0.2) is 14.4 Å². The van der Waals surface area contributed by atoms with Crippen LogP contribution in [0, 0.1) is 0 Å². The van der Waals surface area contributed by atoms with E-state index in [2.05, 4.69) is 5.32 Å². The van der Waals surface area contributed by atoms with Crippen LogP contribution in [0.2, 0.25) is 0 Å². The minimum Gasteiger partial charge on any atom is -0.465 e. The summed E-state index contributed by atoms with van der Waals surface area (Å²) in [5.74, 6) is -2.13. The molecule has 0 aromatic heterocycles. The number of hydrogen-bond acceptors (Lipinski definition) is 7. The molecular weight excluding hydrogens is 314 g/mol. The van der Waals surface area contributed by atoms with Crippen molar-refractivity contribution in [1.29, 1.82) is 0 Å². The third-order valence-corrected chi connectivity index (χ3v) is 2.99. The van der Waals surface area contributed by atoms with Crippen LogP contribution >= 0.6 is 0 Å². The van der Waals surface area contributed by atoms with E-state index < -0.39 is 17.9 Å². The Morgan fingerprint density at radius 3 is 2.04 bits per heavy atom. The van der Waals surface area contributed by atoms with Gasteiger partial charge in [0.1, 0.15) is 0 Å². The van der Waals surface area contributed by atoms with Crippen molar-refractivity contribution < 1.29 is 28.6 Å². The summed E-state index contributed by atoms with van der Waals surface area (Å²) in [6.07, 6.45) is 0. The highest BCUT2D eigenvalue weighted by atomic mass is 16.6. The zero-order valence-electron chi connectivity index (χ0n) is 14.2. The van der Waals surface area contributed by atoms with Crippen LogP contribution in [0.5, 0.6) is 0 Å². The minimum absolute atomic E-state index is 0.119. The van der Waals surface area contributed by atoms with E-state index >= 15 is 0 Å². The van der Waals surface area contributed by atoms with Gasteiger partial charge in [-0.15, -0.1) is 0 Å². The molecule has 0 fully saturated rings. The van der Waals surface area contributed by atoms with Crippen LogP contribution in [0.15, 0.2) is 35.5 Å². The van der Waals surface area contributed by atoms with Gasteiger partial charge in [-0.2, -0.15) is 0 Å². The van der Waals surface area contributed by atoms with Gasteiger partial charge in [-0.3, -0.25) is 0 Å². The van der Waals surface area contributed by atoms with Crippen molar-refractivity contribution >= 4 is 23.6 Å². The number of benzene rings is 1. The highest BCUT2D eigenvalue weighted by Crippen LogP contribution is 2.20. The highest BCUT2D eigenvalue weighted by molar-refractivity contribution is 6.15. The quantitative estimate of drug-likeness (QED) is 0.269. The normalized spacial score (nSPS) is 9.67. The van der Waals surface area contributed by atoms with E-state index in [1.165, 1.54) is 14.0 Å². The Labute approximate surface area is 140 Å². The van der Waals surface area contributed by atoms with Crippen LogP contribution in [0.3, 0.4) is 0 Å². The van der Waals surface area contributed by atoms with Gasteiger partial charge < -0.3 is 19.5 Å². The van der Waals surface area contributed by atoms with E-state index in [-0.39, 0.29) is 30.0 Å². The van der Waals surface area contributed by atoms with Gasteiger partial charge in [-0.1, -0.05) is 12.1 Å². The molecule has 130 valence electrons. The summed E-state index contributed by atoms with van der Waals surface area (Å²) in [6.45, 7) is 5.03. The van der Waals surface area contributed by atoms with Crippen LogP contribution < -0.4 is 5.32 Å². The third-order valence-electron chi connectivity index (χ3n) is 2.99. The van der Waals surface area contributed by atoms with E-state index in [4.69, 9.17) is 14.2 Å². The lowest BCUT2D eigenvalue weighted by Crippen LogP contribution is -2.22. The van der Waals surface area contributed by atoms with Crippen LogP contribution in [-0.4, -0.2) is 38.2 Å². The Morgan fingerprint density at radius 2 is 1.54 bits per heavy atom. The van der Waals surface area contributed by atoms with Crippen molar-refractivity contribution in [2.45, 2.75) is 20.8 Å². The molecule has 0 unspecified atom stereocenters. The third kappa shape index (κ3) is 4.84. The van der Waals surface area contributed by atoms with Gasteiger partial charge in [0.2, 0.25) is 0 Å². The number of carbonyl (C=O) groups excluding carboxylic acids is 3. The molecule has 0 aliphatic heterocycles. The summed E-state index contributed by atoms with van der Waals surface area (Å²) in [5.41, 5.74) is 0.626. The van der Waals surface area contributed by atoms with Crippen LogP contribution in [-0.2, 0) is 23.8 Å². The number of allylic oxidation sites excluding steroid dienone is 1. The largest absolute Gasteiger partial charge is 0.465 e. The molecule has 0 aliphatic carbocycles. The number of esters is 3. The molecule has 0 spiro atoms. The van der Waals surface area contributed by atoms with Gasteiger partial charge in [0.05, 0.1) is 31.6 Å². The van der Waals surface area contributed by atoms with Crippen molar-refractivity contribution in [3.05, 3.63) is 41.1 Å². The number of ether oxygens (including phenoxy) is 3. The fourth-order valence-corrected chi connectivity index (χ4v) is 1.94. The maximum atomic E-state index is 12.1. The summed E-state index contributed by atoms with van der Waals surface area (Å²) in [7, 11) is 1.27. The standard InChI is InChI=1S/C17H21NO6/c1-5-23-16(20)14(17(21)24-6-2)11(3)18-13-10-8-7-9-12(13)15(19)22-4/h7-10,18H,5-6H2,1-4H3. The number of nitrogens with one attached hydrogen (secondary N) is 1. The molecule has 0 saturated carbocycles. The number of carbonyl (C=O) groups is 3. The monoisotopic (exact) mass is 335 g/mol. The van der Waals surface area contributed by atoms with Gasteiger partial charge >= 0.3 is 17.9 Å². The second-order valence-electron chi connectivity index (χ2n) is 4.60. The van der Waals surface area contributed by atoms with Crippen molar-refractivity contribution in [1.82, 2.24) is 0 Å². The predicted octanol–water partition coefficient (Wildman–Crippen LogP) is 2.29. The Bertz CT molecular complexity index is 630. The average Bonchev–Trinajstić information content (AvgIpc) is 2.55. The molecule has 7 nitrogen and oxygen atoms in total. The van der Waals surface area contributed by atoms with E-state index in [0.29, 0.717) is 5.69 Å². The van der Waals surface area contributed by atoms with Crippen LogP contribution in [0.25, 0.3) is 0 Å². The first-order valence-corrected chi connectivity index (χ1v) is 7.45. The lowest BCUT2D eigenvalue weighted by Gasteiger charge is -2.14. The molecule has 0 bridgehead atoms. The Balaban J connectivity index is 3.25. The Morgan fingerprint density at radius 1 is 1.00 bits per heavy atom. The SMILES string of the molecule is CCOC(=O)C(C(=O)OCC)=C(C)Nc1ccccc1C(=O)OC. The van der Waals surface area contributed by atoms with E-state index in [1.807, 2.05) is 0 Å². The molecule has 1 N–H and O–H groups in total. The molecule has 1 rings (SSSR count). The minimum atomic E-state index is -0.795. The molecule has 0 amide bonds. The molecule has 1 aromatic carbocycles. The zero-order chi connectivity index (χ0) is 18.1. The number of rotatable bonds is 7. The number of hydrogen-bond donors (Lipinski definition) is 1. The Kier molecular flexibility index (Phi) is 7.48. The Hall–Kier alpha value is -2.83. The van der Waals surface area contributed by atoms with Gasteiger partial charge in [0.25, 0.3) is 0 Å². The molecule has 7 heteroatoms. The van der Waals surface area contributed by atoms with E-state index in [9.17, 15) is 14.4 Å². The fourth-order valence-electron chi connectivity index (χ4n) is 1.94. The predicted molar refractivity (Wildman–Crippen MR) is 87.4 cm³/mol.